The van der Waals surface area contributed by atoms with E-state index in [9.17, 15) is 10.2 Å². The van der Waals surface area contributed by atoms with Crippen molar-refractivity contribution < 1.29 is 10.2 Å². The summed E-state index contributed by atoms with van der Waals surface area (Å²) in [5.41, 5.74) is 7.09. The highest BCUT2D eigenvalue weighted by atomic mass is 32.2. The Morgan fingerprint density at radius 2 is 0.870 bits per heavy atom. The van der Waals surface area contributed by atoms with Gasteiger partial charge in [-0.25, -0.2) is 0 Å². The SMILES string of the molecule is CCC(C)(CC)c1cc(C(C)(C)C)cc(CSC2CCCCCC[C@@H]2SCc2cc(C(C)(C)C)cc(C(C)(CC)CC)c2O)c1O. The third-order valence-electron chi connectivity index (χ3n) is 11.6. The molecular weight excluding hydrogens is 601 g/mol. The smallest absolute Gasteiger partial charge is 0.123 e. The van der Waals surface area contributed by atoms with E-state index in [1.165, 1.54) is 49.7 Å². The Kier molecular flexibility index (Phi) is 13.6. The van der Waals surface area contributed by atoms with Gasteiger partial charge in [-0.05, 0) is 71.3 Å². The van der Waals surface area contributed by atoms with Crippen LogP contribution in [0.3, 0.4) is 0 Å². The van der Waals surface area contributed by atoms with Crippen molar-refractivity contribution in [2.24, 2.45) is 0 Å². The van der Waals surface area contributed by atoms with Gasteiger partial charge in [-0.2, -0.15) is 23.5 Å². The van der Waals surface area contributed by atoms with E-state index in [0.717, 1.165) is 59.4 Å². The number of aromatic hydroxyl groups is 2. The monoisotopic (exact) mass is 668 g/mol. The second-order valence-corrected chi connectivity index (χ2v) is 19.2. The Hall–Kier alpha value is -1.26. The number of hydrogen-bond acceptors (Lipinski definition) is 4. The second kappa shape index (κ2) is 16.0. The summed E-state index contributed by atoms with van der Waals surface area (Å²) in [7, 11) is 0. The van der Waals surface area contributed by atoms with Gasteiger partial charge < -0.3 is 10.2 Å². The van der Waals surface area contributed by atoms with Gasteiger partial charge in [-0.15, -0.1) is 0 Å². The van der Waals surface area contributed by atoms with Crippen LogP contribution in [-0.4, -0.2) is 20.7 Å². The molecule has 46 heavy (non-hydrogen) atoms. The highest BCUT2D eigenvalue weighted by Gasteiger charge is 2.32. The van der Waals surface area contributed by atoms with Gasteiger partial charge in [-0.3, -0.25) is 0 Å². The molecule has 0 bridgehead atoms. The van der Waals surface area contributed by atoms with E-state index in [2.05, 4.69) is 131 Å². The lowest BCUT2D eigenvalue weighted by molar-refractivity contribution is 0.393. The minimum absolute atomic E-state index is 0.0248. The van der Waals surface area contributed by atoms with Gasteiger partial charge in [0.1, 0.15) is 11.5 Å². The molecule has 0 spiro atoms. The summed E-state index contributed by atoms with van der Waals surface area (Å²) < 4.78 is 0. The van der Waals surface area contributed by atoms with Gasteiger partial charge in [-0.1, -0.05) is 133 Å². The molecule has 0 saturated heterocycles. The van der Waals surface area contributed by atoms with Crippen LogP contribution in [0.5, 0.6) is 11.5 Å². The molecule has 1 aliphatic rings. The molecule has 0 aliphatic heterocycles. The molecule has 3 rings (SSSR count). The molecule has 2 nitrogen and oxygen atoms in total. The molecule has 2 aromatic rings. The summed E-state index contributed by atoms with van der Waals surface area (Å²) in [6, 6.07) is 9.16. The summed E-state index contributed by atoms with van der Waals surface area (Å²) in [4.78, 5) is 0. The van der Waals surface area contributed by atoms with Crippen molar-refractivity contribution in [3.05, 3.63) is 57.6 Å². The Morgan fingerprint density at radius 1 is 0.543 bits per heavy atom. The maximum atomic E-state index is 11.7. The molecule has 1 unspecified atom stereocenters. The van der Waals surface area contributed by atoms with Crippen molar-refractivity contribution in [1.82, 2.24) is 0 Å². The standard InChI is InChI=1S/C42H68O2S2/c1-13-41(11,14-2)33-25-31(39(5,6)7)23-29(37(33)43)27-45-35-21-19-17-18-20-22-36(35)46-28-30-24-32(40(8,9)10)26-34(38(30)44)42(12,15-3)16-4/h23-26,35-36,43-44H,13-22,27-28H2,1-12H3/t35-,36?/m0/s1. The number of phenols is 2. The Bertz CT molecular complexity index is 1170. The van der Waals surface area contributed by atoms with E-state index in [4.69, 9.17) is 0 Å². The molecule has 0 amide bonds. The zero-order valence-electron chi connectivity index (χ0n) is 31.7. The first-order valence-corrected chi connectivity index (χ1v) is 20.5. The first-order chi connectivity index (χ1) is 21.4. The molecule has 260 valence electrons. The van der Waals surface area contributed by atoms with E-state index < -0.39 is 0 Å². The maximum Gasteiger partial charge on any atom is 0.123 e. The molecule has 1 saturated carbocycles. The average molecular weight is 669 g/mol. The summed E-state index contributed by atoms with van der Waals surface area (Å²) in [5, 5.41) is 24.5. The average Bonchev–Trinajstić information content (AvgIpc) is 2.99. The molecule has 2 atom stereocenters. The molecule has 0 aromatic heterocycles. The van der Waals surface area contributed by atoms with Crippen LogP contribution in [0.4, 0.5) is 0 Å². The lowest BCUT2D eigenvalue weighted by atomic mass is 9.74. The Balaban J connectivity index is 1.95. The van der Waals surface area contributed by atoms with E-state index in [0.29, 0.717) is 22.0 Å². The van der Waals surface area contributed by atoms with Gasteiger partial charge in [0.25, 0.3) is 0 Å². The zero-order valence-corrected chi connectivity index (χ0v) is 33.3. The highest BCUT2D eigenvalue weighted by molar-refractivity contribution is 8.03. The van der Waals surface area contributed by atoms with Crippen LogP contribution in [0.25, 0.3) is 0 Å². The third kappa shape index (κ3) is 9.25. The van der Waals surface area contributed by atoms with Gasteiger partial charge in [0.15, 0.2) is 0 Å². The highest BCUT2D eigenvalue weighted by Crippen LogP contribution is 2.46. The summed E-state index contributed by atoms with van der Waals surface area (Å²) in [6.07, 6.45) is 11.7. The second-order valence-electron chi connectivity index (χ2n) is 16.8. The predicted octanol–water partition coefficient (Wildman–Crippen LogP) is 13.1. The fraction of sp³-hybridized carbons (Fsp3) is 0.714. The van der Waals surface area contributed by atoms with Crippen LogP contribution in [0.2, 0.25) is 0 Å². The maximum absolute atomic E-state index is 11.7. The molecule has 4 heteroatoms. The summed E-state index contributed by atoms with van der Waals surface area (Å²) in [6.45, 7) is 27.3. The molecular formula is C42H68O2S2. The normalized spacial score (nSPS) is 18.8. The summed E-state index contributed by atoms with van der Waals surface area (Å²) in [5.74, 6) is 2.73. The Morgan fingerprint density at radius 3 is 1.15 bits per heavy atom. The molecule has 1 aliphatic carbocycles. The van der Waals surface area contributed by atoms with E-state index in [-0.39, 0.29) is 21.7 Å². The molecule has 2 aromatic carbocycles. The minimum Gasteiger partial charge on any atom is -0.507 e. The van der Waals surface area contributed by atoms with E-state index in [1.807, 2.05) is 0 Å². The lowest BCUT2D eigenvalue weighted by Gasteiger charge is -2.33. The van der Waals surface area contributed by atoms with Crippen LogP contribution in [-0.2, 0) is 33.2 Å². The van der Waals surface area contributed by atoms with Crippen LogP contribution in [0.1, 0.15) is 181 Å². The number of benzene rings is 2. The molecule has 0 heterocycles. The van der Waals surface area contributed by atoms with Crippen molar-refractivity contribution in [3.8, 4) is 11.5 Å². The quantitative estimate of drug-likeness (QED) is 0.236. The van der Waals surface area contributed by atoms with Gasteiger partial charge in [0, 0.05) is 44.3 Å². The number of hydrogen-bond donors (Lipinski definition) is 2. The van der Waals surface area contributed by atoms with Crippen LogP contribution in [0, 0.1) is 0 Å². The fourth-order valence-corrected chi connectivity index (χ4v) is 9.92. The van der Waals surface area contributed by atoms with Crippen molar-refractivity contribution in [2.45, 2.75) is 191 Å². The lowest BCUT2D eigenvalue weighted by Crippen LogP contribution is -2.24. The molecule has 0 radical (unpaired) electrons. The van der Waals surface area contributed by atoms with Gasteiger partial charge in [0.05, 0.1) is 0 Å². The zero-order chi connectivity index (χ0) is 34.5. The third-order valence-corrected chi connectivity index (χ3v) is 14.7. The van der Waals surface area contributed by atoms with Crippen molar-refractivity contribution in [2.75, 3.05) is 0 Å². The fourth-order valence-electron chi connectivity index (χ4n) is 6.85. The van der Waals surface area contributed by atoms with E-state index in [1.54, 1.807) is 0 Å². The van der Waals surface area contributed by atoms with Crippen LogP contribution in [0.15, 0.2) is 24.3 Å². The largest absolute Gasteiger partial charge is 0.507 e. The molecule has 1 fully saturated rings. The van der Waals surface area contributed by atoms with Crippen molar-refractivity contribution in [1.29, 1.82) is 0 Å². The van der Waals surface area contributed by atoms with Crippen molar-refractivity contribution in [3.63, 3.8) is 0 Å². The topological polar surface area (TPSA) is 40.5 Å². The number of rotatable bonds is 12. The number of phenolic OH excluding ortho intramolecular Hbond substituents is 2. The van der Waals surface area contributed by atoms with Crippen molar-refractivity contribution >= 4 is 23.5 Å². The van der Waals surface area contributed by atoms with Crippen LogP contribution < -0.4 is 0 Å². The predicted molar refractivity (Wildman–Crippen MR) is 207 cm³/mol. The minimum atomic E-state index is -0.0303. The molecule has 2 N–H and O–H groups in total. The van der Waals surface area contributed by atoms with Gasteiger partial charge >= 0.3 is 0 Å². The first-order valence-electron chi connectivity index (χ1n) is 18.4. The van der Waals surface area contributed by atoms with Gasteiger partial charge in [0.2, 0.25) is 0 Å². The summed E-state index contributed by atoms with van der Waals surface area (Å²) >= 11 is 4.13. The van der Waals surface area contributed by atoms with Crippen LogP contribution >= 0.6 is 23.5 Å². The van der Waals surface area contributed by atoms with E-state index >= 15 is 0 Å². The Labute approximate surface area is 292 Å². The number of thioether (sulfide) groups is 2. The first kappa shape index (κ1) is 39.2.